The highest BCUT2D eigenvalue weighted by atomic mass is 16.1. The molecule has 1 N–H and O–H groups in total. The van der Waals surface area contributed by atoms with Crippen LogP contribution in [0.4, 0.5) is 0 Å². The van der Waals surface area contributed by atoms with Gasteiger partial charge in [0.05, 0.1) is 22.4 Å². The van der Waals surface area contributed by atoms with E-state index in [1.807, 2.05) is 50.2 Å². The minimum atomic E-state index is -0.0413. The minimum Gasteiger partial charge on any atom is -0.349 e. The van der Waals surface area contributed by atoms with Crippen molar-refractivity contribution in [2.45, 2.75) is 32.2 Å². The SMILES string of the molecule is Cc1nc2ccc(C(=O)NC3CC3c3ccccc3)cc2nc1C. The molecule has 1 aromatic heterocycles. The fourth-order valence-electron chi connectivity index (χ4n) is 3.05. The van der Waals surface area contributed by atoms with E-state index in [1.54, 1.807) is 0 Å². The summed E-state index contributed by atoms with van der Waals surface area (Å²) in [4.78, 5) is 21.5. The first-order chi connectivity index (χ1) is 11.6. The molecule has 1 amide bonds. The zero-order chi connectivity index (χ0) is 16.7. The predicted molar refractivity (Wildman–Crippen MR) is 94.1 cm³/mol. The summed E-state index contributed by atoms with van der Waals surface area (Å²) in [6, 6.07) is 16.1. The summed E-state index contributed by atoms with van der Waals surface area (Å²) in [6.07, 6.45) is 1.00. The van der Waals surface area contributed by atoms with Crippen LogP contribution < -0.4 is 5.32 Å². The van der Waals surface area contributed by atoms with Gasteiger partial charge in [-0.15, -0.1) is 0 Å². The Morgan fingerprint density at radius 3 is 2.46 bits per heavy atom. The third kappa shape index (κ3) is 2.75. The zero-order valence-corrected chi connectivity index (χ0v) is 13.8. The molecule has 4 rings (SSSR count). The molecule has 0 saturated heterocycles. The Morgan fingerprint density at radius 1 is 1.00 bits per heavy atom. The van der Waals surface area contributed by atoms with E-state index in [4.69, 9.17) is 0 Å². The van der Waals surface area contributed by atoms with E-state index in [9.17, 15) is 4.79 Å². The number of aryl methyl sites for hydroxylation is 2. The van der Waals surface area contributed by atoms with Crippen molar-refractivity contribution in [1.82, 2.24) is 15.3 Å². The van der Waals surface area contributed by atoms with Crippen LogP contribution in [-0.2, 0) is 0 Å². The summed E-state index contributed by atoms with van der Waals surface area (Å²) in [5, 5.41) is 3.12. The molecule has 1 aliphatic carbocycles. The first kappa shape index (κ1) is 14.8. The number of carbonyl (C=O) groups is 1. The Morgan fingerprint density at radius 2 is 1.71 bits per heavy atom. The number of hydrogen-bond donors (Lipinski definition) is 1. The molecule has 1 saturated carbocycles. The first-order valence-electron chi connectivity index (χ1n) is 8.22. The van der Waals surface area contributed by atoms with Crippen molar-refractivity contribution in [3.63, 3.8) is 0 Å². The topological polar surface area (TPSA) is 54.9 Å². The molecule has 1 fully saturated rings. The number of rotatable bonds is 3. The maximum atomic E-state index is 12.5. The van der Waals surface area contributed by atoms with Crippen molar-refractivity contribution in [2.24, 2.45) is 0 Å². The van der Waals surface area contributed by atoms with Gasteiger partial charge in [0.1, 0.15) is 0 Å². The van der Waals surface area contributed by atoms with Crippen LogP contribution in [0, 0.1) is 13.8 Å². The number of fused-ring (bicyclic) bond motifs is 1. The molecule has 0 bridgehead atoms. The number of nitrogens with zero attached hydrogens (tertiary/aromatic N) is 2. The van der Waals surface area contributed by atoms with Gasteiger partial charge in [0.15, 0.2) is 0 Å². The van der Waals surface area contributed by atoms with Gasteiger partial charge < -0.3 is 5.32 Å². The molecule has 0 aliphatic heterocycles. The molecule has 2 atom stereocenters. The second-order valence-corrected chi connectivity index (χ2v) is 6.43. The molecule has 120 valence electrons. The lowest BCUT2D eigenvalue weighted by atomic mass is 10.1. The van der Waals surface area contributed by atoms with Gasteiger partial charge in [0, 0.05) is 17.5 Å². The first-order valence-corrected chi connectivity index (χ1v) is 8.22. The highest BCUT2D eigenvalue weighted by molar-refractivity contribution is 5.97. The quantitative estimate of drug-likeness (QED) is 0.804. The van der Waals surface area contributed by atoms with Crippen molar-refractivity contribution in [1.29, 1.82) is 0 Å². The van der Waals surface area contributed by atoms with E-state index in [0.29, 0.717) is 11.5 Å². The van der Waals surface area contributed by atoms with E-state index < -0.39 is 0 Å². The molecular weight excluding hydrogens is 298 g/mol. The highest BCUT2D eigenvalue weighted by Gasteiger charge is 2.39. The van der Waals surface area contributed by atoms with Crippen molar-refractivity contribution in [2.75, 3.05) is 0 Å². The molecule has 4 nitrogen and oxygen atoms in total. The lowest BCUT2D eigenvalue weighted by molar-refractivity contribution is 0.0950. The normalized spacial score (nSPS) is 19.2. The van der Waals surface area contributed by atoms with Gasteiger partial charge in [-0.3, -0.25) is 4.79 Å². The predicted octanol–water partition coefficient (Wildman–Crippen LogP) is 3.53. The lowest BCUT2D eigenvalue weighted by Gasteiger charge is -2.07. The fourth-order valence-corrected chi connectivity index (χ4v) is 3.05. The molecule has 4 heteroatoms. The number of benzene rings is 2. The van der Waals surface area contributed by atoms with Gasteiger partial charge >= 0.3 is 0 Å². The van der Waals surface area contributed by atoms with Gasteiger partial charge in [-0.2, -0.15) is 0 Å². The molecule has 24 heavy (non-hydrogen) atoms. The number of amides is 1. The van der Waals surface area contributed by atoms with E-state index in [0.717, 1.165) is 28.8 Å². The summed E-state index contributed by atoms with van der Waals surface area (Å²) < 4.78 is 0. The average Bonchev–Trinajstić information content (AvgIpc) is 3.35. The van der Waals surface area contributed by atoms with Crippen molar-refractivity contribution < 1.29 is 4.79 Å². The molecule has 2 unspecified atom stereocenters. The van der Waals surface area contributed by atoms with Crippen molar-refractivity contribution in [3.05, 3.63) is 71.0 Å². The Hall–Kier alpha value is -2.75. The van der Waals surface area contributed by atoms with Crippen LogP contribution in [-0.4, -0.2) is 21.9 Å². The van der Waals surface area contributed by atoms with Crippen LogP contribution in [0.1, 0.15) is 39.6 Å². The summed E-state index contributed by atoms with van der Waals surface area (Å²) in [6.45, 7) is 3.88. The molecule has 1 heterocycles. The summed E-state index contributed by atoms with van der Waals surface area (Å²) in [5.74, 6) is 0.389. The minimum absolute atomic E-state index is 0.0413. The summed E-state index contributed by atoms with van der Waals surface area (Å²) >= 11 is 0. The Balaban J connectivity index is 1.51. The molecular formula is C20H19N3O. The van der Waals surface area contributed by atoms with Crippen LogP contribution in [0.25, 0.3) is 11.0 Å². The van der Waals surface area contributed by atoms with Crippen LogP contribution in [0.3, 0.4) is 0 Å². The second kappa shape index (κ2) is 5.71. The standard InChI is InChI=1S/C20H19N3O/c1-12-13(2)22-19-10-15(8-9-17(19)21-12)20(24)23-18-11-16(18)14-6-4-3-5-7-14/h3-10,16,18H,11H2,1-2H3,(H,23,24). The average molecular weight is 317 g/mol. The number of hydrogen-bond acceptors (Lipinski definition) is 3. The van der Waals surface area contributed by atoms with E-state index in [1.165, 1.54) is 5.56 Å². The van der Waals surface area contributed by atoms with Crippen molar-refractivity contribution >= 4 is 16.9 Å². The largest absolute Gasteiger partial charge is 0.349 e. The van der Waals surface area contributed by atoms with E-state index in [-0.39, 0.29) is 11.9 Å². The molecule has 3 aromatic rings. The molecule has 0 spiro atoms. The molecule has 0 radical (unpaired) electrons. The summed E-state index contributed by atoms with van der Waals surface area (Å²) in [7, 11) is 0. The number of nitrogens with one attached hydrogen (secondary N) is 1. The maximum Gasteiger partial charge on any atom is 0.251 e. The van der Waals surface area contributed by atoms with Gasteiger partial charge in [0.25, 0.3) is 5.91 Å². The van der Waals surface area contributed by atoms with Crippen LogP contribution in [0.2, 0.25) is 0 Å². The van der Waals surface area contributed by atoms with Gasteiger partial charge in [-0.1, -0.05) is 30.3 Å². The maximum absolute atomic E-state index is 12.5. The van der Waals surface area contributed by atoms with Gasteiger partial charge in [0.2, 0.25) is 0 Å². The lowest BCUT2D eigenvalue weighted by Crippen LogP contribution is -2.26. The third-order valence-corrected chi connectivity index (χ3v) is 4.67. The van der Waals surface area contributed by atoms with Crippen molar-refractivity contribution in [3.8, 4) is 0 Å². The second-order valence-electron chi connectivity index (χ2n) is 6.43. The highest BCUT2D eigenvalue weighted by Crippen LogP contribution is 2.40. The Bertz CT molecular complexity index is 921. The number of carbonyl (C=O) groups excluding carboxylic acids is 1. The van der Waals surface area contributed by atoms with Gasteiger partial charge in [-0.05, 0) is 44.0 Å². The monoisotopic (exact) mass is 317 g/mol. The molecule has 1 aliphatic rings. The van der Waals surface area contributed by atoms with Gasteiger partial charge in [-0.25, -0.2) is 9.97 Å². The third-order valence-electron chi connectivity index (χ3n) is 4.67. The summed E-state index contributed by atoms with van der Waals surface area (Å²) in [5.41, 5.74) is 5.33. The molecule has 2 aromatic carbocycles. The smallest absolute Gasteiger partial charge is 0.251 e. The Kier molecular flexibility index (Phi) is 3.53. The fraction of sp³-hybridized carbons (Fsp3) is 0.250. The van der Waals surface area contributed by atoms with E-state index in [2.05, 4.69) is 27.4 Å². The number of aromatic nitrogens is 2. The Labute approximate surface area is 141 Å². The van der Waals surface area contributed by atoms with E-state index >= 15 is 0 Å². The zero-order valence-electron chi connectivity index (χ0n) is 13.8. The van der Waals surface area contributed by atoms with Crippen LogP contribution in [0.5, 0.6) is 0 Å². The van der Waals surface area contributed by atoms with Crippen LogP contribution in [0.15, 0.2) is 48.5 Å². The van der Waals surface area contributed by atoms with Crippen LogP contribution >= 0.6 is 0 Å².